The van der Waals surface area contributed by atoms with Crippen LogP contribution >= 0.6 is 11.3 Å². The minimum absolute atomic E-state index is 0.798. The van der Waals surface area contributed by atoms with Gasteiger partial charge in [-0.05, 0) is 55.8 Å². The molecule has 3 rings (SSSR count). The zero-order valence-electron chi connectivity index (χ0n) is 20.4. The van der Waals surface area contributed by atoms with E-state index in [9.17, 15) is 0 Å². The molecule has 1 aromatic heterocycles. The van der Waals surface area contributed by atoms with E-state index in [1.165, 1.54) is 11.4 Å². The Balaban J connectivity index is 1.60. The quantitative estimate of drug-likeness (QED) is 0.184. The number of quaternary nitrogens is 1. The Labute approximate surface area is 200 Å². The summed E-state index contributed by atoms with van der Waals surface area (Å²) in [6, 6.07) is 16.0. The second-order valence-corrected chi connectivity index (χ2v) is 9.80. The molecule has 0 bridgehead atoms. The lowest BCUT2D eigenvalue weighted by Gasteiger charge is -2.29. The van der Waals surface area contributed by atoms with Crippen LogP contribution in [0, 0.1) is 6.92 Å². The molecule has 0 aliphatic heterocycles. The van der Waals surface area contributed by atoms with Gasteiger partial charge in [0, 0.05) is 30.4 Å². The highest BCUT2D eigenvalue weighted by atomic mass is 32.1. The molecule has 0 saturated carbocycles. The molecule has 0 amide bonds. The van der Waals surface area contributed by atoms with E-state index < -0.39 is 0 Å². The molecule has 7 nitrogen and oxygen atoms in total. The van der Waals surface area contributed by atoms with Gasteiger partial charge < -0.3 is 14.0 Å². The predicted octanol–water partition coefficient (Wildman–Crippen LogP) is 5.28. The Morgan fingerprint density at radius 3 is 2.09 bits per heavy atom. The summed E-state index contributed by atoms with van der Waals surface area (Å²) in [5.74, 6) is 0. The van der Waals surface area contributed by atoms with Crippen LogP contribution in [0.2, 0.25) is 0 Å². The fraction of sp³-hybridized carbons (Fsp3) is 0.360. The van der Waals surface area contributed by atoms with Crippen LogP contribution < -0.4 is 9.70 Å². The Kier molecular flexibility index (Phi) is 8.30. The number of aryl methyl sites for hydroxylation is 1. The maximum absolute atomic E-state index is 4.38. The second kappa shape index (κ2) is 11.2. The number of anilines is 1. The van der Waals surface area contributed by atoms with Gasteiger partial charge in [-0.25, -0.2) is 0 Å². The summed E-state index contributed by atoms with van der Waals surface area (Å²) in [7, 11) is 8.65. The minimum atomic E-state index is 0.798. The van der Waals surface area contributed by atoms with E-state index in [0.29, 0.717) is 0 Å². The number of aromatic nitrogens is 1. The Morgan fingerprint density at radius 1 is 0.970 bits per heavy atom. The molecule has 0 radical (unpaired) electrons. The van der Waals surface area contributed by atoms with Gasteiger partial charge in [-0.2, -0.15) is 15.3 Å². The van der Waals surface area contributed by atoms with Gasteiger partial charge in [0.05, 0.1) is 51.8 Å². The number of thiazole rings is 1. The van der Waals surface area contributed by atoms with Gasteiger partial charge >= 0.3 is 0 Å². The molecule has 174 valence electrons. The first-order valence-corrected chi connectivity index (χ1v) is 12.0. The largest absolute Gasteiger partial charge is 0.366 e. The lowest BCUT2D eigenvalue weighted by molar-refractivity contribution is -0.868. The molecule has 0 saturated heterocycles. The molecule has 3 aromatic rings. The number of benzene rings is 2. The molecule has 0 aliphatic rings. The van der Waals surface area contributed by atoms with Crippen molar-refractivity contribution >= 4 is 34.6 Å². The van der Waals surface area contributed by atoms with E-state index in [0.717, 1.165) is 45.9 Å². The minimum Gasteiger partial charge on any atom is -0.366 e. The fourth-order valence-corrected chi connectivity index (χ4v) is 3.88. The van der Waals surface area contributed by atoms with Gasteiger partial charge in [-0.1, -0.05) is 12.1 Å². The highest BCUT2D eigenvalue weighted by molar-refractivity contribution is 7.07. The number of azo groups is 1. The average molecular weight is 465 g/mol. The molecule has 0 atom stereocenters. The predicted molar refractivity (Wildman–Crippen MR) is 139 cm³/mol. The molecule has 33 heavy (non-hydrogen) atoms. The van der Waals surface area contributed by atoms with Crippen molar-refractivity contribution in [2.45, 2.75) is 13.8 Å². The number of rotatable bonds is 9. The molecule has 0 N–H and O–H groups in total. The van der Waals surface area contributed by atoms with E-state index in [1.54, 1.807) is 17.6 Å². The summed E-state index contributed by atoms with van der Waals surface area (Å²) in [6.07, 6.45) is 1.74. The van der Waals surface area contributed by atoms with Crippen LogP contribution in [0.1, 0.15) is 18.2 Å². The zero-order valence-corrected chi connectivity index (χ0v) is 21.3. The third kappa shape index (κ3) is 7.47. The fourth-order valence-electron chi connectivity index (χ4n) is 3.05. The number of nitrogens with zero attached hydrogens (tertiary/aromatic N) is 7. The Morgan fingerprint density at radius 2 is 1.58 bits per heavy atom. The van der Waals surface area contributed by atoms with Crippen LogP contribution in [-0.4, -0.2) is 56.0 Å². The zero-order chi connectivity index (χ0) is 23.8. The average Bonchev–Trinajstić information content (AvgIpc) is 3.11. The first-order valence-electron chi connectivity index (χ1n) is 11.1. The maximum atomic E-state index is 4.38. The monoisotopic (exact) mass is 464 g/mol. The van der Waals surface area contributed by atoms with Crippen molar-refractivity contribution in [1.82, 2.24) is 4.57 Å². The van der Waals surface area contributed by atoms with E-state index in [-0.39, 0.29) is 0 Å². The highest BCUT2D eigenvalue weighted by Gasteiger charge is 2.11. The number of hydrogen-bond donors (Lipinski definition) is 0. The molecular formula is C25H34N7S+. The third-order valence-corrected chi connectivity index (χ3v) is 6.34. The van der Waals surface area contributed by atoms with Crippen molar-refractivity contribution in [1.29, 1.82) is 0 Å². The summed E-state index contributed by atoms with van der Waals surface area (Å²) >= 11 is 1.58. The van der Waals surface area contributed by atoms with Crippen LogP contribution in [0.5, 0.6) is 0 Å². The lowest BCUT2D eigenvalue weighted by atomic mass is 10.2. The summed E-state index contributed by atoms with van der Waals surface area (Å²) in [6.45, 7) is 7.34. The van der Waals surface area contributed by atoms with Gasteiger partial charge in [0.2, 0.25) is 4.80 Å². The van der Waals surface area contributed by atoms with Crippen molar-refractivity contribution in [3.05, 3.63) is 70.0 Å². The lowest BCUT2D eigenvalue weighted by Crippen LogP contribution is -2.42. The van der Waals surface area contributed by atoms with Gasteiger partial charge in [0.1, 0.15) is 0 Å². The molecule has 8 heteroatoms. The van der Waals surface area contributed by atoms with Crippen LogP contribution in [-0.2, 0) is 7.05 Å². The van der Waals surface area contributed by atoms with Gasteiger partial charge in [0.25, 0.3) is 0 Å². The molecule has 0 unspecified atom stereocenters. The molecule has 1 heterocycles. The first-order chi connectivity index (χ1) is 15.7. The Bertz CT molecular complexity index is 1150. The maximum Gasteiger partial charge on any atom is 0.210 e. The van der Waals surface area contributed by atoms with Crippen molar-refractivity contribution in [3.8, 4) is 0 Å². The second-order valence-electron chi connectivity index (χ2n) is 8.96. The van der Waals surface area contributed by atoms with Crippen LogP contribution in [0.15, 0.2) is 74.3 Å². The molecule has 2 aromatic carbocycles. The van der Waals surface area contributed by atoms with Crippen molar-refractivity contribution < 1.29 is 4.48 Å². The van der Waals surface area contributed by atoms with E-state index >= 15 is 0 Å². The van der Waals surface area contributed by atoms with Gasteiger partial charge in [-0.3, -0.25) is 0 Å². The van der Waals surface area contributed by atoms with E-state index in [2.05, 4.69) is 70.9 Å². The summed E-state index contributed by atoms with van der Waals surface area (Å²) < 4.78 is 2.97. The van der Waals surface area contributed by atoms with Crippen LogP contribution in [0.4, 0.5) is 17.1 Å². The number of likely N-dealkylation sites (N-methyl/N-ethyl adjacent to an activating group) is 2. The van der Waals surface area contributed by atoms with Gasteiger partial charge in [0.15, 0.2) is 0 Å². The summed E-state index contributed by atoms with van der Waals surface area (Å²) in [5.41, 5.74) is 4.98. The SMILES string of the molecule is CCN(CC[N+](C)(C)C)c1ccc(N=Nc2ccc(/C=N/N=c3\scc(C)n3C)cc2)cc1. The van der Waals surface area contributed by atoms with Crippen molar-refractivity contribution in [3.63, 3.8) is 0 Å². The van der Waals surface area contributed by atoms with Crippen LogP contribution in [0.25, 0.3) is 0 Å². The van der Waals surface area contributed by atoms with Crippen molar-refractivity contribution in [2.24, 2.45) is 27.5 Å². The van der Waals surface area contributed by atoms with E-state index in [1.807, 2.05) is 54.9 Å². The summed E-state index contributed by atoms with van der Waals surface area (Å²) in [4.78, 5) is 3.26. The Hall–Kier alpha value is -3.10. The molecule has 0 fully saturated rings. The normalized spacial score (nSPS) is 12.8. The van der Waals surface area contributed by atoms with Crippen LogP contribution in [0.3, 0.4) is 0 Å². The highest BCUT2D eigenvalue weighted by Crippen LogP contribution is 2.22. The number of hydrogen-bond acceptors (Lipinski definition) is 6. The summed E-state index contributed by atoms with van der Waals surface area (Å²) in [5, 5.41) is 19.3. The van der Waals surface area contributed by atoms with Gasteiger partial charge in [-0.15, -0.1) is 16.4 Å². The third-order valence-electron chi connectivity index (χ3n) is 5.31. The van der Waals surface area contributed by atoms with Crippen molar-refractivity contribution in [2.75, 3.05) is 45.7 Å². The molecule has 0 spiro atoms. The molecular weight excluding hydrogens is 430 g/mol. The standard InChI is InChI=1S/C25H34N7S/c1-7-31(16-17-32(4,5)6)24-14-12-23(13-15-24)28-27-22-10-8-21(9-11-22)18-26-29-25-30(3)20(2)19-33-25/h8-15,18-19H,7,16-17H2,1-6H3/q+1/b26-18+,28-27?,29-25-. The topological polar surface area (TPSA) is 57.6 Å². The van der Waals surface area contributed by atoms with E-state index in [4.69, 9.17) is 0 Å². The first kappa shape index (κ1) is 24.5. The molecule has 0 aliphatic carbocycles. The smallest absolute Gasteiger partial charge is 0.210 e.